The van der Waals surface area contributed by atoms with Gasteiger partial charge >= 0.3 is 0 Å². The van der Waals surface area contributed by atoms with Crippen molar-refractivity contribution in [2.45, 2.75) is 20.8 Å². The fraction of sp³-hybridized carbons (Fsp3) is 0.250. The molecule has 0 saturated heterocycles. The molecule has 4 heteroatoms. The fourth-order valence-electron chi connectivity index (χ4n) is 1.51. The topological polar surface area (TPSA) is 86.6 Å². The van der Waals surface area contributed by atoms with E-state index in [2.05, 4.69) is 4.98 Å². The van der Waals surface area contributed by atoms with Crippen LogP contribution in [0.25, 0.3) is 5.57 Å². The average molecular weight is 216 g/mol. The molecule has 0 unspecified atom stereocenters. The van der Waals surface area contributed by atoms with Gasteiger partial charge in [-0.1, -0.05) is 5.57 Å². The SMILES string of the molecule is CC(C)=C(C=N)c1cc(C)c(C=N)c(N)n1. The van der Waals surface area contributed by atoms with Crippen LogP contribution in [-0.4, -0.2) is 17.4 Å². The molecule has 1 heterocycles. The lowest BCUT2D eigenvalue weighted by Gasteiger charge is -2.09. The van der Waals surface area contributed by atoms with E-state index >= 15 is 0 Å². The molecule has 0 radical (unpaired) electrons. The number of aryl methyl sites for hydroxylation is 1. The minimum absolute atomic E-state index is 0.339. The first kappa shape index (κ1) is 12.1. The fourth-order valence-corrected chi connectivity index (χ4v) is 1.51. The first-order chi connectivity index (χ1) is 7.51. The first-order valence-electron chi connectivity index (χ1n) is 4.97. The van der Waals surface area contributed by atoms with Crippen molar-refractivity contribution in [2.75, 3.05) is 5.73 Å². The Labute approximate surface area is 95.2 Å². The Morgan fingerprint density at radius 2 is 2.00 bits per heavy atom. The summed E-state index contributed by atoms with van der Waals surface area (Å²) in [6.07, 6.45) is 2.48. The zero-order valence-corrected chi connectivity index (χ0v) is 9.76. The Morgan fingerprint density at radius 3 is 2.38 bits per heavy atom. The second-order valence-corrected chi connectivity index (χ2v) is 3.83. The summed E-state index contributed by atoms with van der Waals surface area (Å²) in [7, 11) is 0. The van der Waals surface area contributed by atoms with Gasteiger partial charge in [-0.3, -0.25) is 0 Å². The van der Waals surface area contributed by atoms with Gasteiger partial charge in [0.25, 0.3) is 0 Å². The number of allylic oxidation sites excluding steroid dienone is 2. The number of nitrogens with two attached hydrogens (primary N) is 1. The standard InChI is InChI=1S/C12H16N4/c1-7(2)9(5-13)11-4-8(3)10(6-14)12(15)16-11/h4-6,13-14H,1-3H3,(H2,15,16). The molecule has 0 aliphatic carbocycles. The van der Waals surface area contributed by atoms with Gasteiger partial charge in [0.2, 0.25) is 0 Å². The van der Waals surface area contributed by atoms with Gasteiger partial charge < -0.3 is 16.6 Å². The molecular formula is C12H16N4. The van der Waals surface area contributed by atoms with Crippen LogP contribution in [0, 0.1) is 17.7 Å². The zero-order valence-electron chi connectivity index (χ0n) is 9.76. The quantitative estimate of drug-likeness (QED) is 0.677. The number of nitrogens with zero attached hydrogens (tertiary/aromatic N) is 1. The maximum absolute atomic E-state index is 7.36. The van der Waals surface area contributed by atoms with Gasteiger partial charge in [-0.2, -0.15) is 0 Å². The van der Waals surface area contributed by atoms with Gasteiger partial charge in [0.05, 0.1) is 5.69 Å². The predicted molar refractivity (Wildman–Crippen MR) is 68.3 cm³/mol. The third kappa shape index (κ3) is 2.16. The Balaban J connectivity index is 3.45. The number of rotatable bonds is 3. The highest BCUT2D eigenvalue weighted by molar-refractivity contribution is 6.09. The highest BCUT2D eigenvalue weighted by atomic mass is 14.8. The molecule has 1 rings (SSSR count). The van der Waals surface area contributed by atoms with Gasteiger partial charge in [-0.05, 0) is 32.4 Å². The van der Waals surface area contributed by atoms with Crippen LogP contribution in [-0.2, 0) is 0 Å². The minimum atomic E-state index is 0.339. The van der Waals surface area contributed by atoms with Crippen molar-refractivity contribution < 1.29 is 0 Å². The minimum Gasteiger partial charge on any atom is -0.383 e. The van der Waals surface area contributed by atoms with Gasteiger partial charge in [0, 0.05) is 23.6 Å². The molecule has 84 valence electrons. The molecule has 1 aromatic heterocycles. The van der Waals surface area contributed by atoms with E-state index in [-0.39, 0.29) is 0 Å². The van der Waals surface area contributed by atoms with E-state index in [0.29, 0.717) is 17.1 Å². The van der Waals surface area contributed by atoms with Crippen LogP contribution in [0.1, 0.15) is 30.7 Å². The number of anilines is 1. The molecule has 16 heavy (non-hydrogen) atoms. The van der Waals surface area contributed by atoms with Crippen molar-refractivity contribution in [3.05, 3.63) is 28.5 Å². The van der Waals surface area contributed by atoms with Crippen molar-refractivity contribution >= 4 is 23.8 Å². The molecule has 0 amide bonds. The molecule has 0 aliphatic rings. The molecule has 0 saturated carbocycles. The summed E-state index contributed by atoms with van der Waals surface area (Å²) in [6, 6.07) is 1.85. The second-order valence-electron chi connectivity index (χ2n) is 3.83. The van der Waals surface area contributed by atoms with E-state index in [9.17, 15) is 0 Å². The van der Waals surface area contributed by atoms with Crippen molar-refractivity contribution in [3.63, 3.8) is 0 Å². The third-order valence-electron chi connectivity index (χ3n) is 2.40. The van der Waals surface area contributed by atoms with E-state index in [0.717, 1.165) is 16.7 Å². The van der Waals surface area contributed by atoms with E-state index in [1.165, 1.54) is 12.4 Å². The van der Waals surface area contributed by atoms with Gasteiger partial charge in [0.1, 0.15) is 5.82 Å². The normalized spacial score (nSPS) is 9.69. The monoisotopic (exact) mass is 216 g/mol. The lowest BCUT2D eigenvalue weighted by atomic mass is 10.0. The Kier molecular flexibility index (Phi) is 3.55. The molecule has 0 fully saturated rings. The van der Waals surface area contributed by atoms with Crippen LogP contribution in [0.5, 0.6) is 0 Å². The van der Waals surface area contributed by atoms with Gasteiger partial charge in [-0.25, -0.2) is 4.98 Å². The van der Waals surface area contributed by atoms with Crippen molar-refractivity contribution in [1.82, 2.24) is 4.98 Å². The summed E-state index contributed by atoms with van der Waals surface area (Å²) in [5.74, 6) is 0.339. The van der Waals surface area contributed by atoms with E-state index in [4.69, 9.17) is 16.6 Å². The van der Waals surface area contributed by atoms with Gasteiger partial charge in [0.15, 0.2) is 0 Å². The lowest BCUT2D eigenvalue weighted by molar-refractivity contribution is 1.23. The summed E-state index contributed by atoms with van der Waals surface area (Å²) in [6.45, 7) is 5.74. The number of pyridine rings is 1. The van der Waals surface area contributed by atoms with Crippen LogP contribution in [0.2, 0.25) is 0 Å². The van der Waals surface area contributed by atoms with Crippen molar-refractivity contribution in [2.24, 2.45) is 0 Å². The van der Waals surface area contributed by atoms with Crippen molar-refractivity contribution in [1.29, 1.82) is 10.8 Å². The zero-order chi connectivity index (χ0) is 12.3. The number of hydrogen-bond donors (Lipinski definition) is 3. The lowest BCUT2D eigenvalue weighted by Crippen LogP contribution is -2.04. The predicted octanol–water partition coefficient (Wildman–Crippen LogP) is 2.41. The summed E-state index contributed by atoms with van der Waals surface area (Å²) in [5.41, 5.74) is 9.78. The highest BCUT2D eigenvalue weighted by Gasteiger charge is 2.08. The van der Waals surface area contributed by atoms with E-state index in [1.54, 1.807) is 0 Å². The van der Waals surface area contributed by atoms with E-state index < -0.39 is 0 Å². The summed E-state index contributed by atoms with van der Waals surface area (Å²) in [5, 5.41) is 14.6. The molecule has 4 N–H and O–H groups in total. The number of hydrogen-bond acceptors (Lipinski definition) is 4. The third-order valence-corrected chi connectivity index (χ3v) is 2.40. The summed E-state index contributed by atoms with van der Waals surface area (Å²) in [4.78, 5) is 4.21. The number of nitrogen functional groups attached to an aromatic ring is 1. The average Bonchev–Trinajstić information content (AvgIpc) is 2.17. The number of aromatic nitrogens is 1. The van der Waals surface area contributed by atoms with Crippen LogP contribution >= 0.6 is 0 Å². The Morgan fingerprint density at radius 1 is 1.38 bits per heavy atom. The molecule has 1 aromatic rings. The highest BCUT2D eigenvalue weighted by Crippen LogP contribution is 2.20. The molecule has 0 aromatic carbocycles. The molecule has 0 aliphatic heterocycles. The van der Waals surface area contributed by atoms with Crippen LogP contribution < -0.4 is 5.73 Å². The Hall–Kier alpha value is -1.97. The largest absolute Gasteiger partial charge is 0.383 e. The molecule has 0 spiro atoms. The Bertz CT molecular complexity index is 445. The smallest absolute Gasteiger partial charge is 0.133 e. The summed E-state index contributed by atoms with van der Waals surface area (Å²) < 4.78 is 0. The van der Waals surface area contributed by atoms with Crippen LogP contribution in [0.3, 0.4) is 0 Å². The first-order valence-corrected chi connectivity index (χ1v) is 4.97. The maximum atomic E-state index is 7.36. The van der Waals surface area contributed by atoms with Gasteiger partial charge in [-0.15, -0.1) is 0 Å². The molecule has 0 bridgehead atoms. The van der Waals surface area contributed by atoms with E-state index in [1.807, 2.05) is 26.8 Å². The van der Waals surface area contributed by atoms with Crippen LogP contribution in [0.15, 0.2) is 11.6 Å². The maximum Gasteiger partial charge on any atom is 0.133 e. The molecular weight excluding hydrogens is 200 g/mol. The molecule has 4 nitrogen and oxygen atoms in total. The van der Waals surface area contributed by atoms with Crippen LogP contribution in [0.4, 0.5) is 5.82 Å². The second kappa shape index (κ2) is 4.70. The number of nitrogens with one attached hydrogen (secondary N) is 2. The summed E-state index contributed by atoms with van der Waals surface area (Å²) >= 11 is 0. The van der Waals surface area contributed by atoms with Crippen molar-refractivity contribution in [3.8, 4) is 0 Å². The molecule has 0 atom stereocenters.